The van der Waals surface area contributed by atoms with Crippen LogP contribution in [-0.4, -0.2) is 8.42 Å². The zero-order chi connectivity index (χ0) is 11.5. The van der Waals surface area contributed by atoms with E-state index < -0.39 is 10.0 Å². The molecular formula is C11H17NO2S. The Morgan fingerprint density at radius 1 is 1.27 bits per heavy atom. The Labute approximate surface area is 91.4 Å². The van der Waals surface area contributed by atoms with E-state index >= 15 is 0 Å². The monoisotopic (exact) mass is 227 g/mol. The van der Waals surface area contributed by atoms with Gasteiger partial charge in [0.1, 0.15) is 0 Å². The molecule has 0 unspecified atom stereocenters. The number of sulfonamides is 1. The summed E-state index contributed by atoms with van der Waals surface area (Å²) in [7, 11) is -3.58. The van der Waals surface area contributed by atoms with Crippen molar-refractivity contribution in [3.8, 4) is 0 Å². The Bertz CT molecular complexity index is 422. The summed E-state index contributed by atoms with van der Waals surface area (Å²) in [5.74, 6) is 0.409. The van der Waals surface area contributed by atoms with E-state index in [0.717, 1.165) is 18.4 Å². The van der Waals surface area contributed by atoms with Crippen LogP contribution in [0.3, 0.4) is 0 Å². The second-order valence-corrected chi connectivity index (χ2v) is 5.19. The van der Waals surface area contributed by atoms with Crippen molar-refractivity contribution in [3.05, 3.63) is 29.8 Å². The van der Waals surface area contributed by atoms with Crippen LogP contribution in [0, 0.1) is 0 Å². The molecular weight excluding hydrogens is 210 g/mol. The summed E-state index contributed by atoms with van der Waals surface area (Å²) < 4.78 is 22.3. The summed E-state index contributed by atoms with van der Waals surface area (Å²) in [5.41, 5.74) is 1.05. The van der Waals surface area contributed by atoms with E-state index in [4.69, 9.17) is 5.14 Å². The van der Waals surface area contributed by atoms with Crippen LogP contribution < -0.4 is 5.14 Å². The number of nitrogens with two attached hydrogens (primary N) is 1. The first-order valence-electron chi connectivity index (χ1n) is 5.11. The molecule has 0 aliphatic carbocycles. The largest absolute Gasteiger partial charge is 0.238 e. The minimum Gasteiger partial charge on any atom is -0.225 e. The third-order valence-corrected chi connectivity index (χ3v) is 3.55. The van der Waals surface area contributed by atoms with Gasteiger partial charge in [0.2, 0.25) is 10.0 Å². The van der Waals surface area contributed by atoms with E-state index in [1.165, 1.54) is 6.07 Å². The van der Waals surface area contributed by atoms with E-state index in [1.54, 1.807) is 12.1 Å². The molecule has 1 aromatic carbocycles. The minimum absolute atomic E-state index is 0.201. The predicted molar refractivity (Wildman–Crippen MR) is 61.1 cm³/mol. The molecule has 1 rings (SSSR count). The van der Waals surface area contributed by atoms with Crippen LogP contribution in [0.2, 0.25) is 0 Å². The van der Waals surface area contributed by atoms with Gasteiger partial charge in [-0.3, -0.25) is 0 Å². The summed E-state index contributed by atoms with van der Waals surface area (Å²) >= 11 is 0. The summed E-state index contributed by atoms with van der Waals surface area (Å²) in [6.07, 6.45) is 2.01. The van der Waals surface area contributed by atoms with Crippen LogP contribution in [0.25, 0.3) is 0 Å². The van der Waals surface area contributed by atoms with Gasteiger partial charge in [-0.2, -0.15) is 0 Å². The highest BCUT2D eigenvalue weighted by Gasteiger charge is 2.11. The second kappa shape index (κ2) is 4.77. The standard InChI is InChI=1S/C11H17NO2S/c1-3-9(4-2)10-6-5-7-11(8-10)15(12,13)14/h5-9H,3-4H2,1-2H3,(H2,12,13,14). The fourth-order valence-electron chi connectivity index (χ4n) is 1.71. The quantitative estimate of drug-likeness (QED) is 0.857. The highest BCUT2D eigenvalue weighted by Crippen LogP contribution is 2.24. The van der Waals surface area contributed by atoms with Gasteiger partial charge in [-0.05, 0) is 36.5 Å². The zero-order valence-electron chi connectivity index (χ0n) is 9.10. The number of hydrogen-bond donors (Lipinski definition) is 1. The van der Waals surface area contributed by atoms with Crippen molar-refractivity contribution in [2.75, 3.05) is 0 Å². The zero-order valence-corrected chi connectivity index (χ0v) is 9.92. The second-order valence-electron chi connectivity index (χ2n) is 3.63. The van der Waals surface area contributed by atoms with Crippen LogP contribution in [0.5, 0.6) is 0 Å². The average Bonchev–Trinajstić information content (AvgIpc) is 2.19. The molecule has 0 aliphatic rings. The Kier molecular flexibility index (Phi) is 3.88. The van der Waals surface area contributed by atoms with Gasteiger partial charge in [0.05, 0.1) is 4.90 Å². The van der Waals surface area contributed by atoms with Crippen molar-refractivity contribution < 1.29 is 8.42 Å². The highest BCUT2D eigenvalue weighted by molar-refractivity contribution is 7.89. The molecule has 0 fully saturated rings. The van der Waals surface area contributed by atoms with Gasteiger partial charge in [-0.1, -0.05) is 26.0 Å². The molecule has 1 aromatic rings. The summed E-state index contributed by atoms with van der Waals surface area (Å²) in [6, 6.07) is 6.90. The van der Waals surface area contributed by atoms with Gasteiger partial charge in [0.15, 0.2) is 0 Å². The van der Waals surface area contributed by atoms with Crippen molar-refractivity contribution in [1.82, 2.24) is 0 Å². The van der Waals surface area contributed by atoms with Gasteiger partial charge in [-0.15, -0.1) is 0 Å². The molecule has 0 saturated heterocycles. The predicted octanol–water partition coefficient (Wildman–Crippen LogP) is 2.24. The maximum Gasteiger partial charge on any atom is 0.238 e. The Morgan fingerprint density at radius 2 is 1.87 bits per heavy atom. The first-order valence-corrected chi connectivity index (χ1v) is 6.66. The molecule has 84 valence electrons. The van der Waals surface area contributed by atoms with E-state index in [9.17, 15) is 8.42 Å². The molecule has 0 bridgehead atoms. The first-order chi connectivity index (χ1) is 6.99. The summed E-state index contributed by atoms with van der Waals surface area (Å²) in [6.45, 7) is 4.19. The first kappa shape index (κ1) is 12.2. The number of primary sulfonamides is 1. The van der Waals surface area contributed by atoms with Gasteiger partial charge >= 0.3 is 0 Å². The lowest BCUT2D eigenvalue weighted by Crippen LogP contribution is -2.12. The van der Waals surface area contributed by atoms with E-state index in [2.05, 4.69) is 13.8 Å². The third-order valence-electron chi connectivity index (χ3n) is 2.64. The topological polar surface area (TPSA) is 60.2 Å². The molecule has 0 heterocycles. The van der Waals surface area contributed by atoms with Crippen LogP contribution in [0.1, 0.15) is 38.2 Å². The third kappa shape index (κ3) is 3.04. The molecule has 0 atom stereocenters. The van der Waals surface area contributed by atoms with Gasteiger partial charge in [0, 0.05) is 0 Å². The molecule has 0 radical (unpaired) electrons. The molecule has 2 N–H and O–H groups in total. The van der Waals surface area contributed by atoms with Gasteiger partial charge < -0.3 is 0 Å². The van der Waals surface area contributed by atoms with E-state index in [-0.39, 0.29) is 4.90 Å². The molecule has 15 heavy (non-hydrogen) atoms. The van der Waals surface area contributed by atoms with Crippen molar-refractivity contribution in [3.63, 3.8) is 0 Å². The fourth-order valence-corrected chi connectivity index (χ4v) is 2.27. The van der Waals surface area contributed by atoms with E-state index in [0.29, 0.717) is 5.92 Å². The van der Waals surface area contributed by atoms with Crippen LogP contribution >= 0.6 is 0 Å². The molecule has 0 aromatic heterocycles. The normalized spacial score (nSPS) is 12.0. The van der Waals surface area contributed by atoms with E-state index in [1.807, 2.05) is 6.07 Å². The van der Waals surface area contributed by atoms with Crippen molar-refractivity contribution >= 4 is 10.0 Å². The van der Waals surface area contributed by atoms with Crippen LogP contribution in [0.15, 0.2) is 29.2 Å². The lowest BCUT2D eigenvalue weighted by Gasteiger charge is -2.13. The highest BCUT2D eigenvalue weighted by atomic mass is 32.2. The number of benzene rings is 1. The summed E-state index contributed by atoms with van der Waals surface area (Å²) in [5, 5.41) is 5.08. The lowest BCUT2D eigenvalue weighted by molar-refractivity contribution is 0.596. The number of rotatable bonds is 4. The van der Waals surface area contributed by atoms with Gasteiger partial charge in [-0.25, -0.2) is 13.6 Å². The van der Waals surface area contributed by atoms with Crippen LogP contribution in [-0.2, 0) is 10.0 Å². The molecule has 3 nitrogen and oxygen atoms in total. The summed E-state index contributed by atoms with van der Waals surface area (Å²) in [4.78, 5) is 0.201. The SMILES string of the molecule is CCC(CC)c1cccc(S(N)(=O)=O)c1. The Hall–Kier alpha value is -0.870. The Morgan fingerprint density at radius 3 is 2.33 bits per heavy atom. The molecule has 0 aliphatic heterocycles. The van der Waals surface area contributed by atoms with Crippen molar-refractivity contribution in [2.45, 2.75) is 37.5 Å². The molecule has 4 heteroatoms. The molecule has 0 amide bonds. The molecule has 0 spiro atoms. The lowest BCUT2D eigenvalue weighted by atomic mass is 9.94. The van der Waals surface area contributed by atoms with Crippen molar-refractivity contribution in [1.29, 1.82) is 0 Å². The maximum atomic E-state index is 11.2. The number of hydrogen-bond acceptors (Lipinski definition) is 2. The maximum absolute atomic E-state index is 11.2. The van der Waals surface area contributed by atoms with Crippen LogP contribution in [0.4, 0.5) is 0 Å². The Balaban J connectivity index is 3.13. The van der Waals surface area contributed by atoms with Crippen molar-refractivity contribution in [2.24, 2.45) is 5.14 Å². The minimum atomic E-state index is -3.58. The van der Waals surface area contributed by atoms with Gasteiger partial charge in [0.25, 0.3) is 0 Å². The average molecular weight is 227 g/mol. The molecule has 0 saturated carbocycles. The fraction of sp³-hybridized carbons (Fsp3) is 0.455. The smallest absolute Gasteiger partial charge is 0.225 e.